The SMILES string of the molecule is O=c1[nH]nc2ccc(N3CCC(CCBr)C3)nn12. The van der Waals surface area contributed by atoms with Crippen molar-refractivity contribution in [1.82, 2.24) is 19.8 Å². The maximum absolute atomic E-state index is 11.5. The van der Waals surface area contributed by atoms with E-state index in [4.69, 9.17) is 0 Å². The Bertz CT molecular complexity index is 607. The Morgan fingerprint density at radius 3 is 3.22 bits per heavy atom. The first-order valence-corrected chi connectivity index (χ1v) is 7.15. The molecule has 2 aromatic heterocycles. The number of aromatic amines is 1. The summed E-state index contributed by atoms with van der Waals surface area (Å²) in [5, 5.41) is 11.6. The largest absolute Gasteiger partial charge is 0.364 e. The minimum absolute atomic E-state index is 0.289. The molecule has 0 aromatic carbocycles. The quantitative estimate of drug-likeness (QED) is 0.860. The van der Waals surface area contributed by atoms with Crippen LogP contribution in [0.5, 0.6) is 0 Å². The van der Waals surface area contributed by atoms with Crippen LogP contribution in [0.3, 0.4) is 0 Å². The van der Waals surface area contributed by atoms with Crippen LogP contribution in [0.4, 0.5) is 5.82 Å². The fourth-order valence-electron chi connectivity index (χ4n) is 2.39. The Morgan fingerprint density at radius 2 is 2.39 bits per heavy atom. The van der Waals surface area contributed by atoms with Crippen LogP contribution in [0.15, 0.2) is 16.9 Å². The van der Waals surface area contributed by atoms with Gasteiger partial charge in [0, 0.05) is 18.4 Å². The van der Waals surface area contributed by atoms with Gasteiger partial charge in [0.2, 0.25) is 0 Å². The molecule has 0 amide bonds. The molecular formula is C11H14BrN5O. The predicted octanol–water partition coefficient (Wildman–Crippen LogP) is 1.03. The molecule has 1 aliphatic heterocycles. The molecule has 1 aliphatic rings. The van der Waals surface area contributed by atoms with Crippen LogP contribution >= 0.6 is 15.9 Å². The zero-order valence-electron chi connectivity index (χ0n) is 9.84. The molecule has 7 heteroatoms. The Labute approximate surface area is 112 Å². The van der Waals surface area contributed by atoms with Gasteiger partial charge in [-0.1, -0.05) is 15.9 Å². The number of aromatic nitrogens is 4. The molecule has 0 bridgehead atoms. The van der Waals surface area contributed by atoms with E-state index in [0.717, 1.165) is 24.2 Å². The van der Waals surface area contributed by atoms with Gasteiger partial charge in [-0.25, -0.2) is 9.89 Å². The first kappa shape index (κ1) is 11.7. The van der Waals surface area contributed by atoms with E-state index in [1.165, 1.54) is 17.4 Å². The first-order chi connectivity index (χ1) is 8.78. The second kappa shape index (κ2) is 4.72. The van der Waals surface area contributed by atoms with E-state index in [0.29, 0.717) is 11.6 Å². The molecule has 1 fully saturated rings. The van der Waals surface area contributed by atoms with Gasteiger partial charge in [-0.05, 0) is 30.9 Å². The summed E-state index contributed by atoms with van der Waals surface area (Å²) in [6.07, 6.45) is 2.37. The van der Waals surface area contributed by atoms with Gasteiger partial charge in [-0.15, -0.1) is 5.10 Å². The van der Waals surface area contributed by atoms with Gasteiger partial charge in [-0.2, -0.15) is 9.61 Å². The lowest BCUT2D eigenvalue weighted by atomic mass is 10.1. The van der Waals surface area contributed by atoms with Gasteiger partial charge >= 0.3 is 5.69 Å². The van der Waals surface area contributed by atoms with Crippen LogP contribution in [0.1, 0.15) is 12.8 Å². The van der Waals surface area contributed by atoms with Gasteiger partial charge in [-0.3, -0.25) is 0 Å². The zero-order valence-corrected chi connectivity index (χ0v) is 11.4. The second-order valence-corrected chi connectivity index (χ2v) is 5.36. The Balaban J connectivity index is 1.86. The molecule has 2 aromatic rings. The van der Waals surface area contributed by atoms with Crippen LogP contribution in [0, 0.1) is 5.92 Å². The number of fused-ring (bicyclic) bond motifs is 1. The first-order valence-electron chi connectivity index (χ1n) is 6.03. The van der Waals surface area contributed by atoms with Gasteiger partial charge in [0.05, 0.1) is 0 Å². The van der Waals surface area contributed by atoms with Crippen molar-refractivity contribution in [3.05, 3.63) is 22.6 Å². The Kier molecular flexibility index (Phi) is 3.07. The third kappa shape index (κ3) is 2.03. The summed E-state index contributed by atoms with van der Waals surface area (Å²) in [6.45, 7) is 2.01. The number of alkyl halides is 1. The summed E-state index contributed by atoms with van der Waals surface area (Å²) in [5.41, 5.74) is 0.267. The molecule has 0 radical (unpaired) electrons. The van der Waals surface area contributed by atoms with Crippen molar-refractivity contribution in [2.75, 3.05) is 23.3 Å². The van der Waals surface area contributed by atoms with Crippen LogP contribution in [-0.2, 0) is 0 Å². The summed E-state index contributed by atoms with van der Waals surface area (Å²) in [4.78, 5) is 13.7. The van der Waals surface area contributed by atoms with Crippen molar-refractivity contribution >= 4 is 27.4 Å². The third-order valence-corrected chi connectivity index (χ3v) is 3.84. The number of rotatable bonds is 3. The standard InChI is InChI=1S/C11H14BrN5O/c12-5-3-8-4-6-16(7-8)10-2-1-9-13-14-11(18)17(9)15-10/h1-2,8H,3-7H2,(H,14,18). The summed E-state index contributed by atoms with van der Waals surface area (Å²) < 4.78 is 1.31. The second-order valence-electron chi connectivity index (χ2n) is 4.57. The van der Waals surface area contributed by atoms with Crippen molar-refractivity contribution in [2.24, 2.45) is 5.92 Å². The summed E-state index contributed by atoms with van der Waals surface area (Å²) in [7, 11) is 0. The fourth-order valence-corrected chi connectivity index (χ4v) is 3.04. The summed E-state index contributed by atoms with van der Waals surface area (Å²) in [5.74, 6) is 1.56. The highest BCUT2D eigenvalue weighted by molar-refractivity contribution is 9.09. The maximum Gasteiger partial charge on any atom is 0.364 e. The molecule has 0 saturated carbocycles. The van der Waals surface area contributed by atoms with Gasteiger partial charge in [0.25, 0.3) is 0 Å². The smallest absolute Gasteiger partial charge is 0.355 e. The molecule has 1 N–H and O–H groups in total. The highest BCUT2D eigenvalue weighted by atomic mass is 79.9. The lowest BCUT2D eigenvalue weighted by Gasteiger charge is -2.16. The molecule has 0 aliphatic carbocycles. The molecule has 1 saturated heterocycles. The van der Waals surface area contributed by atoms with E-state index in [2.05, 4.69) is 36.1 Å². The molecule has 1 unspecified atom stereocenters. The van der Waals surface area contributed by atoms with Crippen molar-refractivity contribution < 1.29 is 0 Å². The molecule has 96 valence electrons. The molecule has 0 spiro atoms. The molecule has 1 atom stereocenters. The highest BCUT2D eigenvalue weighted by Gasteiger charge is 2.23. The van der Waals surface area contributed by atoms with Crippen LogP contribution in [0.25, 0.3) is 5.65 Å². The number of hydrogen-bond acceptors (Lipinski definition) is 4. The van der Waals surface area contributed by atoms with Crippen LogP contribution in [-0.4, -0.2) is 38.2 Å². The van der Waals surface area contributed by atoms with Crippen molar-refractivity contribution in [2.45, 2.75) is 12.8 Å². The highest BCUT2D eigenvalue weighted by Crippen LogP contribution is 2.24. The Hall–Kier alpha value is -1.37. The minimum atomic E-state index is -0.289. The van der Waals surface area contributed by atoms with E-state index in [1.54, 1.807) is 0 Å². The molecule has 18 heavy (non-hydrogen) atoms. The zero-order chi connectivity index (χ0) is 12.5. The van der Waals surface area contributed by atoms with Crippen molar-refractivity contribution in [3.63, 3.8) is 0 Å². The average Bonchev–Trinajstić information content (AvgIpc) is 2.98. The Morgan fingerprint density at radius 1 is 1.50 bits per heavy atom. The number of halogens is 1. The van der Waals surface area contributed by atoms with Gasteiger partial charge < -0.3 is 4.90 Å². The molecule has 3 heterocycles. The number of hydrogen-bond donors (Lipinski definition) is 1. The van der Waals surface area contributed by atoms with E-state index >= 15 is 0 Å². The van der Waals surface area contributed by atoms with E-state index in [1.807, 2.05) is 12.1 Å². The van der Waals surface area contributed by atoms with E-state index in [9.17, 15) is 4.79 Å². The van der Waals surface area contributed by atoms with Crippen molar-refractivity contribution in [1.29, 1.82) is 0 Å². The third-order valence-electron chi connectivity index (χ3n) is 3.39. The molecule has 6 nitrogen and oxygen atoms in total. The number of H-pyrrole nitrogens is 1. The monoisotopic (exact) mass is 311 g/mol. The summed E-state index contributed by atoms with van der Waals surface area (Å²) >= 11 is 3.48. The van der Waals surface area contributed by atoms with E-state index < -0.39 is 0 Å². The summed E-state index contributed by atoms with van der Waals surface area (Å²) in [6, 6.07) is 3.74. The number of nitrogens with one attached hydrogen (secondary N) is 1. The maximum atomic E-state index is 11.5. The topological polar surface area (TPSA) is 66.3 Å². The van der Waals surface area contributed by atoms with E-state index in [-0.39, 0.29) is 5.69 Å². The van der Waals surface area contributed by atoms with Gasteiger partial charge in [0.15, 0.2) is 5.65 Å². The lowest BCUT2D eigenvalue weighted by molar-refractivity contribution is 0.575. The van der Waals surface area contributed by atoms with Gasteiger partial charge in [0.1, 0.15) is 5.82 Å². The number of anilines is 1. The predicted molar refractivity (Wildman–Crippen MR) is 72.3 cm³/mol. The lowest BCUT2D eigenvalue weighted by Crippen LogP contribution is -2.23. The van der Waals surface area contributed by atoms with Crippen molar-refractivity contribution in [3.8, 4) is 0 Å². The molecular weight excluding hydrogens is 298 g/mol. The number of nitrogens with zero attached hydrogens (tertiary/aromatic N) is 4. The molecule has 3 rings (SSSR count). The normalized spacial score (nSPS) is 19.8. The average molecular weight is 312 g/mol. The fraction of sp³-hybridized carbons (Fsp3) is 0.545. The van der Waals surface area contributed by atoms with Crippen LogP contribution in [0.2, 0.25) is 0 Å². The van der Waals surface area contributed by atoms with Crippen LogP contribution < -0.4 is 10.6 Å². The minimum Gasteiger partial charge on any atom is -0.355 e.